The number of nitrogens with two attached hydrogens (primary N) is 1. The number of hydrogen-bond acceptors (Lipinski definition) is 2. The van der Waals surface area contributed by atoms with Crippen molar-refractivity contribution in [3.8, 4) is 0 Å². The first-order chi connectivity index (χ1) is 6.18. The molecule has 0 saturated carbocycles. The van der Waals surface area contributed by atoms with Crippen LogP contribution in [0.3, 0.4) is 0 Å². The van der Waals surface area contributed by atoms with Crippen LogP contribution >= 0.6 is 15.9 Å². The number of carbonyl (C=O) groups is 1. The van der Waals surface area contributed by atoms with Crippen LogP contribution < -0.4 is 5.73 Å². The van der Waals surface area contributed by atoms with Gasteiger partial charge in [-0.2, -0.15) is 0 Å². The largest absolute Gasteiger partial charge is 0.399 e. The van der Waals surface area contributed by atoms with E-state index in [2.05, 4.69) is 15.9 Å². The minimum Gasteiger partial charge on any atom is -0.399 e. The Bertz CT molecular complexity index is 373. The molecule has 13 heavy (non-hydrogen) atoms. The predicted molar refractivity (Wildman–Crippen MR) is 55.8 cm³/mol. The summed E-state index contributed by atoms with van der Waals surface area (Å²) in [6.07, 6.45) is 2.57. The smallest absolute Gasteiger partial charge is 0.164 e. The van der Waals surface area contributed by atoms with E-state index in [1.165, 1.54) is 0 Å². The molecular formula is C10H10BrNO. The van der Waals surface area contributed by atoms with Gasteiger partial charge in [-0.15, -0.1) is 0 Å². The summed E-state index contributed by atoms with van der Waals surface area (Å²) in [4.78, 5) is 11.5. The molecule has 2 N–H and O–H groups in total. The van der Waals surface area contributed by atoms with E-state index in [-0.39, 0.29) is 5.78 Å². The molecule has 0 heterocycles. The van der Waals surface area contributed by atoms with E-state index >= 15 is 0 Å². The molecule has 0 atom stereocenters. The minimum atomic E-state index is 0.230. The first-order valence-corrected chi connectivity index (χ1v) is 5.09. The van der Waals surface area contributed by atoms with Crippen LogP contribution in [0.15, 0.2) is 16.6 Å². The van der Waals surface area contributed by atoms with Gasteiger partial charge in [0, 0.05) is 22.1 Å². The molecule has 1 aromatic carbocycles. The highest BCUT2D eigenvalue weighted by Crippen LogP contribution is 2.30. The Kier molecular flexibility index (Phi) is 2.12. The molecule has 0 unspecified atom stereocenters. The normalized spacial score (nSPS) is 15.6. The third-order valence-corrected chi connectivity index (χ3v) is 2.95. The summed E-state index contributed by atoms with van der Waals surface area (Å²) in [7, 11) is 0. The fourth-order valence-electron chi connectivity index (χ4n) is 1.76. The van der Waals surface area contributed by atoms with Crippen molar-refractivity contribution in [3.63, 3.8) is 0 Å². The second-order valence-electron chi connectivity index (χ2n) is 3.31. The molecule has 1 aromatic rings. The molecular weight excluding hydrogens is 230 g/mol. The molecule has 68 valence electrons. The third-order valence-electron chi connectivity index (χ3n) is 2.32. The topological polar surface area (TPSA) is 43.1 Å². The number of Topliss-reactive ketones (excluding diaryl/α,β-unsaturated/α-hetero) is 1. The zero-order valence-electron chi connectivity index (χ0n) is 7.14. The van der Waals surface area contributed by atoms with Crippen molar-refractivity contribution in [3.05, 3.63) is 27.7 Å². The maximum Gasteiger partial charge on any atom is 0.164 e. The SMILES string of the molecule is Nc1cc(Br)c2c(c1)CCCC2=O. The van der Waals surface area contributed by atoms with Crippen LogP contribution in [0.1, 0.15) is 28.8 Å². The van der Waals surface area contributed by atoms with Crippen LogP contribution in [0.2, 0.25) is 0 Å². The lowest BCUT2D eigenvalue weighted by molar-refractivity contribution is 0.0972. The summed E-state index contributed by atoms with van der Waals surface area (Å²) >= 11 is 3.37. The molecule has 0 spiro atoms. The highest BCUT2D eigenvalue weighted by atomic mass is 79.9. The van der Waals surface area contributed by atoms with Crippen LogP contribution in [-0.4, -0.2) is 5.78 Å². The Morgan fingerprint density at radius 3 is 2.85 bits per heavy atom. The van der Waals surface area contributed by atoms with E-state index in [1.54, 1.807) is 6.07 Å². The van der Waals surface area contributed by atoms with E-state index in [9.17, 15) is 4.79 Å². The summed E-state index contributed by atoms with van der Waals surface area (Å²) in [5.74, 6) is 0.230. The lowest BCUT2D eigenvalue weighted by Crippen LogP contribution is -2.12. The van der Waals surface area contributed by atoms with Gasteiger partial charge in [-0.25, -0.2) is 0 Å². The lowest BCUT2D eigenvalue weighted by Gasteiger charge is -2.16. The van der Waals surface area contributed by atoms with Crippen LogP contribution in [-0.2, 0) is 6.42 Å². The number of halogens is 1. The molecule has 0 fully saturated rings. The van der Waals surface area contributed by atoms with Gasteiger partial charge in [0.05, 0.1) is 0 Å². The van der Waals surface area contributed by atoms with E-state index < -0.39 is 0 Å². The van der Waals surface area contributed by atoms with Crippen LogP contribution in [0, 0.1) is 0 Å². The quantitative estimate of drug-likeness (QED) is 0.708. The Morgan fingerprint density at radius 1 is 1.31 bits per heavy atom. The second kappa shape index (κ2) is 3.14. The number of ketones is 1. The van der Waals surface area contributed by atoms with Crippen molar-refractivity contribution < 1.29 is 4.79 Å². The van der Waals surface area contributed by atoms with Gasteiger partial charge in [-0.1, -0.05) is 0 Å². The van der Waals surface area contributed by atoms with Gasteiger partial charge >= 0.3 is 0 Å². The highest BCUT2D eigenvalue weighted by molar-refractivity contribution is 9.10. The fourth-order valence-corrected chi connectivity index (χ4v) is 2.50. The summed E-state index contributed by atoms with van der Waals surface area (Å²) in [6.45, 7) is 0. The maximum atomic E-state index is 11.5. The number of carbonyl (C=O) groups excluding carboxylic acids is 1. The lowest BCUT2D eigenvalue weighted by atomic mass is 9.90. The highest BCUT2D eigenvalue weighted by Gasteiger charge is 2.19. The first-order valence-electron chi connectivity index (χ1n) is 4.29. The number of benzene rings is 1. The number of hydrogen-bond donors (Lipinski definition) is 1. The van der Waals surface area contributed by atoms with Gasteiger partial charge in [0.15, 0.2) is 5.78 Å². The van der Waals surface area contributed by atoms with E-state index in [0.29, 0.717) is 6.42 Å². The summed E-state index contributed by atoms with van der Waals surface area (Å²) in [5, 5.41) is 0. The molecule has 2 nitrogen and oxygen atoms in total. The van der Waals surface area contributed by atoms with Crippen molar-refractivity contribution in [2.24, 2.45) is 0 Å². The van der Waals surface area contributed by atoms with Crippen molar-refractivity contribution in [2.75, 3.05) is 5.73 Å². The van der Waals surface area contributed by atoms with E-state index in [1.807, 2.05) is 6.07 Å². The van der Waals surface area contributed by atoms with Gasteiger partial charge < -0.3 is 5.73 Å². The standard InChI is InChI=1S/C10H10BrNO/c11-8-5-7(12)4-6-2-1-3-9(13)10(6)8/h4-5H,1-3,12H2. The van der Waals surface area contributed by atoms with E-state index in [4.69, 9.17) is 5.73 Å². The van der Waals surface area contributed by atoms with Crippen LogP contribution in [0.4, 0.5) is 5.69 Å². The predicted octanol–water partition coefficient (Wildman–Crippen LogP) is 2.55. The molecule has 0 radical (unpaired) electrons. The molecule has 0 amide bonds. The Morgan fingerprint density at radius 2 is 2.08 bits per heavy atom. The zero-order valence-corrected chi connectivity index (χ0v) is 8.73. The van der Waals surface area contributed by atoms with Gasteiger partial charge in [0.25, 0.3) is 0 Å². The van der Waals surface area contributed by atoms with Crippen LogP contribution in [0.25, 0.3) is 0 Å². The Hall–Kier alpha value is -0.830. The molecule has 0 bridgehead atoms. The first kappa shape index (κ1) is 8.75. The zero-order chi connectivity index (χ0) is 9.42. The van der Waals surface area contributed by atoms with Gasteiger partial charge in [-0.3, -0.25) is 4.79 Å². The fraction of sp³-hybridized carbons (Fsp3) is 0.300. The average Bonchev–Trinajstić information content (AvgIpc) is 2.02. The maximum absolute atomic E-state index is 11.5. The molecule has 1 aliphatic rings. The molecule has 3 heteroatoms. The number of nitrogen functional groups attached to an aromatic ring is 1. The monoisotopic (exact) mass is 239 g/mol. The van der Waals surface area contributed by atoms with Crippen molar-refractivity contribution in [2.45, 2.75) is 19.3 Å². The number of fused-ring (bicyclic) bond motifs is 1. The number of rotatable bonds is 0. The van der Waals surface area contributed by atoms with Crippen molar-refractivity contribution in [1.82, 2.24) is 0 Å². The van der Waals surface area contributed by atoms with Crippen molar-refractivity contribution >= 4 is 27.4 Å². The average molecular weight is 240 g/mol. The molecule has 0 aliphatic heterocycles. The minimum absolute atomic E-state index is 0.230. The summed E-state index contributed by atoms with van der Waals surface area (Å²) < 4.78 is 0.840. The summed E-state index contributed by atoms with van der Waals surface area (Å²) in [5.41, 5.74) is 8.33. The summed E-state index contributed by atoms with van der Waals surface area (Å²) in [6, 6.07) is 3.69. The Labute approximate surface area is 85.3 Å². The number of aryl methyl sites for hydroxylation is 1. The second-order valence-corrected chi connectivity index (χ2v) is 4.17. The molecule has 1 aliphatic carbocycles. The van der Waals surface area contributed by atoms with E-state index in [0.717, 1.165) is 34.1 Å². The molecule has 2 rings (SSSR count). The van der Waals surface area contributed by atoms with Gasteiger partial charge in [-0.05, 0) is 46.5 Å². The Balaban J connectivity index is 2.63. The van der Waals surface area contributed by atoms with Gasteiger partial charge in [0.2, 0.25) is 0 Å². The molecule has 0 aromatic heterocycles. The number of anilines is 1. The van der Waals surface area contributed by atoms with Crippen molar-refractivity contribution in [1.29, 1.82) is 0 Å². The third kappa shape index (κ3) is 1.48. The van der Waals surface area contributed by atoms with Gasteiger partial charge in [0.1, 0.15) is 0 Å². The van der Waals surface area contributed by atoms with Crippen LogP contribution in [0.5, 0.6) is 0 Å². The molecule has 0 saturated heterocycles.